The molecule has 242 valence electrons. The van der Waals surface area contributed by atoms with Crippen molar-refractivity contribution in [1.29, 1.82) is 0 Å². The molecular weight excluding hydrogens is 606 g/mol. The first kappa shape index (κ1) is 31.7. The van der Waals surface area contributed by atoms with Crippen molar-refractivity contribution in [2.24, 2.45) is 5.16 Å². The minimum atomic E-state index is -0.826. The molecule has 2 aliphatic heterocycles. The zero-order chi connectivity index (χ0) is 32.9. The van der Waals surface area contributed by atoms with Crippen LogP contribution in [0.4, 0.5) is 8.78 Å². The van der Waals surface area contributed by atoms with Crippen LogP contribution in [0.2, 0.25) is 0 Å². The number of pyridine rings is 1. The number of hydrogen-bond donors (Lipinski definition) is 1. The Balaban J connectivity index is 1.42. The molecule has 0 saturated carbocycles. The predicted octanol–water partition coefficient (Wildman–Crippen LogP) is 5.43. The van der Waals surface area contributed by atoms with Crippen molar-refractivity contribution in [3.8, 4) is 5.75 Å². The fourth-order valence-electron chi connectivity index (χ4n) is 5.90. The van der Waals surface area contributed by atoms with E-state index in [2.05, 4.69) is 10.5 Å². The third kappa shape index (κ3) is 7.09. The van der Waals surface area contributed by atoms with Gasteiger partial charge < -0.3 is 24.4 Å². The van der Waals surface area contributed by atoms with Gasteiger partial charge >= 0.3 is 0 Å². The van der Waals surface area contributed by atoms with Crippen LogP contribution in [-0.4, -0.2) is 46.2 Å². The van der Waals surface area contributed by atoms with Crippen LogP contribution in [0.3, 0.4) is 0 Å². The molecule has 0 aliphatic carbocycles. The Morgan fingerprint density at radius 3 is 2.47 bits per heavy atom. The van der Waals surface area contributed by atoms with Gasteiger partial charge in [-0.3, -0.25) is 14.4 Å². The maximum atomic E-state index is 14.3. The number of carbonyl (C=O) groups is 2. The number of rotatable bonds is 8. The van der Waals surface area contributed by atoms with E-state index in [1.165, 1.54) is 12.3 Å². The van der Waals surface area contributed by atoms with Gasteiger partial charge in [0.05, 0.1) is 11.8 Å². The number of aromatic nitrogens is 1. The van der Waals surface area contributed by atoms with Gasteiger partial charge in [-0.2, -0.15) is 0 Å². The van der Waals surface area contributed by atoms with Gasteiger partial charge in [-0.15, -0.1) is 0 Å². The molecular formula is C36H34F2N4O5. The summed E-state index contributed by atoms with van der Waals surface area (Å²) in [7, 11) is 0. The molecule has 0 saturated heterocycles. The van der Waals surface area contributed by atoms with E-state index in [4.69, 9.17) is 9.57 Å². The molecule has 1 N–H and O–H groups in total. The van der Waals surface area contributed by atoms with E-state index < -0.39 is 34.9 Å². The van der Waals surface area contributed by atoms with E-state index in [1.54, 1.807) is 9.47 Å². The minimum Gasteiger partial charge on any atom is -0.483 e. The molecule has 0 radical (unpaired) electrons. The minimum absolute atomic E-state index is 0.0169. The summed E-state index contributed by atoms with van der Waals surface area (Å²) in [5.41, 5.74) is 1.59. The molecule has 4 aromatic rings. The molecule has 3 heterocycles. The predicted molar refractivity (Wildman–Crippen MR) is 171 cm³/mol. The van der Waals surface area contributed by atoms with Crippen LogP contribution in [0.25, 0.3) is 0 Å². The lowest BCUT2D eigenvalue weighted by atomic mass is 9.97. The number of benzene rings is 3. The van der Waals surface area contributed by atoms with Gasteiger partial charge in [0.2, 0.25) is 5.43 Å². The highest BCUT2D eigenvalue weighted by atomic mass is 19.1. The molecule has 1 aromatic heterocycles. The molecule has 2 amide bonds. The number of carbonyl (C=O) groups excluding carboxylic acids is 2. The zero-order valence-electron chi connectivity index (χ0n) is 25.8. The molecule has 9 nitrogen and oxygen atoms in total. The van der Waals surface area contributed by atoms with Crippen molar-refractivity contribution in [2.45, 2.75) is 51.4 Å². The fourth-order valence-corrected chi connectivity index (χ4v) is 5.90. The summed E-state index contributed by atoms with van der Waals surface area (Å²) in [5.74, 6) is -2.99. The molecule has 0 spiro atoms. The second-order valence-corrected chi connectivity index (χ2v) is 11.8. The Labute approximate surface area is 270 Å². The van der Waals surface area contributed by atoms with Crippen LogP contribution in [-0.2, 0) is 24.4 Å². The second-order valence-electron chi connectivity index (χ2n) is 11.8. The average Bonchev–Trinajstić information content (AvgIpc) is 3.07. The van der Waals surface area contributed by atoms with Crippen LogP contribution in [0, 0.1) is 11.6 Å². The van der Waals surface area contributed by atoms with E-state index in [9.17, 15) is 23.2 Å². The van der Waals surface area contributed by atoms with Crippen LogP contribution >= 0.6 is 0 Å². The number of halogens is 2. The van der Waals surface area contributed by atoms with Gasteiger partial charge in [0.15, 0.2) is 11.4 Å². The Kier molecular flexibility index (Phi) is 9.42. The van der Waals surface area contributed by atoms with Gasteiger partial charge in [0, 0.05) is 56.2 Å². The number of nitrogens with one attached hydrogen (secondary N) is 1. The van der Waals surface area contributed by atoms with Crippen molar-refractivity contribution in [1.82, 2.24) is 14.8 Å². The molecule has 2 atom stereocenters. The van der Waals surface area contributed by atoms with E-state index >= 15 is 0 Å². The summed E-state index contributed by atoms with van der Waals surface area (Å²) in [4.78, 5) is 49.1. The van der Waals surface area contributed by atoms with E-state index in [0.29, 0.717) is 32.4 Å². The lowest BCUT2D eigenvalue weighted by Gasteiger charge is -2.40. The summed E-state index contributed by atoms with van der Waals surface area (Å²) in [6.07, 6.45) is 2.76. The number of ether oxygens (including phenoxy) is 1. The van der Waals surface area contributed by atoms with Gasteiger partial charge in [-0.25, -0.2) is 8.78 Å². The molecule has 0 fully saturated rings. The lowest BCUT2D eigenvalue weighted by molar-refractivity contribution is 0.0493. The van der Waals surface area contributed by atoms with E-state index in [1.807, 2.05) is 67.6 Å². The van der Waals surface area contributed by atoms with Crippen LogP contribution in [0.1, 0.15) is 63.3 Å². The van der Waals surface area contributed by atoms with E-state index in [0.717, 1.165) is 29.0 Å². The Morgan fingerprint density at radius 1 is 1.02 bits per heavy atom. The molecule has 0 unspecified atom stereocenters. The molecule has 6 rings (SSSR count). The number of fused-ring (bicyclic) bond motifs is 4. The zero-order valence-corrected chi connectivity index (χ0v) is 25.8. The highest BCUT2D eigenvalue weighted by Crippen LogP contribution is 2.32. The standard InChI is InChI=1S/C36H34F2N4O5/c1-23-14-15-47-40-28(16-24-8-4-2-5-9-24)18-29-20-41(23)36(45)32-34(46-22-25-10-6-3-7-11-25)33(43)30(21-42(29)32)35(44)39-19-26-12-13-27(37)17-31(26)38/h2-13,17,21,23,29H,14-16,18-20,22H2,1H3,(H,39,44)/b40-28-/t23-,29-/m0/s1. The SMILES string of the molecule is C[C@H]1CCO/N=C(/Cc2ccccc2)C[C@H]2CN1C(=O)c1c(OCc3ccccc3)c(=O)c(C(=O)NCc3ccc(F)cc3F)cn12. The van der Waals surface area contributed by atoms with Crippen molar-refractivity contribution >= 4 is 17.5 Å². The molecule has 2 aliphatic rings. The number of nitrogens with zero attached hydrogens (tertiary/aromatic N) is 3. The maximum Gasteiger partial charge on any atom is 0.274 e. The van der Waals surface area contributed by atoms with Crippen molar-refractivity contribution in [3.63, 3.8) is 0 Å². The summed E-state index contributed by atoms with van der Waals surface area (Å²) in [6.45, 7) is 2.24. The smallest absolute Gasteiger partial charge is 0.274 e. The largest absolute Gasteiger partial charge is 0.483 e. The summed E-state index contributed by atoms with van der Waals surface area (Å²) >= 11 is 0. The van der Waals surface area contributed by atoms with Gasteiger partial charge in [0.25, 0.3) is 11.8 Å². The first-order chi connectivity index (χ1) is 22.8. The summed E-state index contributed by atoms with van der Waals surface area (Å²) < 4.78 is 35.5. The topological polar surface area (TPSA) is 102 Å². The van der Waals surface area contributed by atoms with Crippen LogP contribution < -0.4 is 15.5 Å². The number of amides is 2. The maximum absolute atomic E-state index is 14.3. The Morgan fingerprint density at radius 2 is 1.74 bits per heavy atom. The molecule has 47 heavy (non-hydrogen) atoms. The first-order valence-electron chi connectivity index (χ1n) is 15.5. The Hall–Kier alpha value is -5.32. The third-order valence-corrected chi connectivity index (χ3v) is 8.46. The average molecular weight is 641 g/mol. The van der Waals surface area contributed by atoms with Gasteiger partial charge in [-0.05, 0) is 24.1 Å². The van der Waals surface area contributed by atoms with E-state index in [-0.39, 0.29) is 41.8 Å². The van der Waals surface area contributed by atoms with Crippen LogP contribution in [0.5, 0.6) is 5.75 Å². The monoisotopic (exact) mass is 640 g/mol. The van der Waals surface area contributed by atoms with Crippen molar-refractivity contribution in [2.75, 3.05) is 13.2 Å². The molecule has 11 heteroatoms. The quantitative estimate of drug-likeness (QED) is 0.277. The van der Waals surface area contributed by atoms with Gasteiger partial charge in [-0.1, -0.05) is 71.9 Å². The summed E-state index contributed by atoms with van der Waals surface area (Å²) in [6, 6.07) is 21.4. The van der Waals surface area contributed by atoms with Crippen molar-refractivity contribution < 1.29 is 27.9 Å². The first-order valence-corrected chi connectivity index (χ1v) is 15.5. The van der Waals surface area contributed by atoms with Crippen molar-refractivity contribution in [3.05, 3.63) is 135 Å². The second kappa shape index (κ2) is 14.0. The fraction of sp³-hybridized carbons (Fsp3) is 0.278. The molecule has 2 bridgehead atoms. The number of oxime groups is 1. The Bertz CT molecular complexity index is 1860. The highest BCUT2D eigenvalue weighted by Gasteiger charge is 2.39. The third-order valence-electron chi connectivity index (χ3n) is 8.46. The normalized spacial score (nSPS) is 18.7. The van der Waals surface area contributed by atoms with Crippen LogP contribution in [0.15, 0.2) is 95.0 Å². The lowest BCUT2D eigenvalue weighted by Crippen LogP contribution is -2.50. The number of hydrogen-bond acceptors (Lipinski definition) is 6. The van der Waals surface area contributed by atoms with Gasteiger partial charge in [0.1, 0.15) is 30.4 Å². The molecule has 3 aromatic carbocycles. The highest BCUT2D eigenvalue weighted by molar-refractivity contribution is 5.99. The summed E-state index contributed by atoms with van der Waals surface area (Å²) in [5, 5.41) is 7.04.